The van der Waals surface area contributed by atoms with Crippen LogP contribution < -0.4 is 5.32 Å². The molecule has 5 heteroatoms. The van der Waals surface area contributed by atoms with E-state index in [0.29, 0.717) is 13.2 Å². The number of amides is 1. The van der Waals surface area contributed by atoms with E-state index in [-0.39, 0.29) is 11.8 Å². The Labute approximate surface area is 129 Å². The molecule has 0 aromatic heterocycles. The number of azo groups is 1. The van der Waals surface area contributed by atoms with Crippen molar-refractivity contribution < 1.29 is 9.53 Å². The first-order valence-electron chi connectivity index (χ1n) is 7.27. The van der Waals surface area contributed by atoms with Crippen LogP contribution in [0.4, 0.5) is 17.1 Å². The smallest absolute Gasteiger partial charge is 0.229 e. The highest BCUT2D eigenvalue weighted by Crippen LogP contribution is 2.21. The molecule has 5 nitrogen and oxygen atoms in total. The Balaban J connectivity index is 1.60. The Morgan fingerprint density at radius 2 is 1.68 bits per heavy atom. The van der Waals surface area contributed by atoms with Crippen LogP contribution in [-0.4, -0.2) is 19.1 Å². The van der Waals surface area contributed by atoms with E-state index in [1.165, 1.54) is 0 Å². The quantitative estimate of drug-likeness (QED) is 0.864. The maximum absolute atomic E-state index is 12.0. The van der Waals surface area contributed by atoms with Crippen LogP contribution in [0.15, 0.2) is 64.8 Å². The van der Waals surface area contributed by atoms with E-state index in [1.54, 1.807) is 0 Å². The summed E-state index contributed by atoms with van der Waals surface area (Å²) in [5.74, 6) is -0.0337. The summed E-state index contributed by atoms with van der Waals surface area (Å²) in [6.07, 6.45) is 0.787. The minimum Gasteiger partial charge on any atom is -0.381 e. The second-order valence-corrected chi connectivity index (χ2v) is 5.13. The van der Waals surface area contributed by atoms with Gasteiger partial charge in [0.1, 0.15) is 0 Å². The lowest BCUT2D eigenvalue weighted by Gasteiger charge is -2.09. The second kappa shape index (κ2) is 6.95. The number of carbonyl (C=O) groups excluding carboxylic acids is 1. The molecule has 2 aromatic carbocycles. The lowest BCUT2D eigenvalue weighted by atomic mass is 10.1. The molecule has 1 heterocycles. The zero-order valence-corrected chi connectivity index (χ0v) is 12.1. The van der Waals surface area contributed by atoms with E-state index >= 15 is 0 Å². The Hall–Kier alpha value is -2.53. The minimum absolute atomic E-state index is 0.0103. The number of carbonyl (C=O) groups is 1. The maximum Gasteiger partial charge on any atom is 0.229 e. The van der Waals surface area contributed by atoms with Crippen LogP contribution in [0.2, 0.25) is 0 Å². The van der Waals surface area contributed by atoms with Gasteiger partial charge in [0.05, 0.1) is 23.9 Å². The van der Waals surface area contributed by atoms with Gasteiger partial charge in [-0.15, -0.1) is 0 Å². The van der Waals surface area contributed by atoms with Crippen LogP contribution in [0.1, 0.15) is 6.42 Å². The molecule has 1 N–H and O–H groups in total. The predicted molar refractivity (Wildman–Crippen MR) is 84.6 cm³/mol. The summed E-state index contributed by atoms with van der Waals surface area (Å²) in [6, 6.07) is 16.9. The van der Waals surface area contributed by atoms with E-state index in [9.17, 15) is 4.79 Å². The maximum atomic E-state index is 12.0. The fourth-order valence-electron chi connectivity index (χ4n) is 2.21. The molecule has 2 aromatic rings. The molecule has 0 radical (unpaired) electrons. The summed E-state index contributed by atoms with van der Waals surface area (Å²) in [5.41, 5.74) is 2.31. The SMILES string of the molecule is O=C(Nc1ccc(N=Nc2ccccc2)cc1)C1CCOC1. The van der Waals surface area contributed by atoms with E-state index in [0.717, 1.165) is 23.5 Å². The van der Waals surface area contributed by atoms with Crippen molar-refractivity contribution in [3.63, 3.8) is 0 Å². The van der Waals surface area contributed by atoms with Gasteiger partial charge >= 0.3 is 0 Å². The third kappa shape index (κ3) is 3.77. The lowest BCUT2D eigenvalue weighted by molar-refractivity contribution is -0.119. The van der Waals surface area contributed by atoms with Crippen molar-refractivity contribution >= 4 is 23.0 Å². The van der Waals surface area contributed by atoms with Crippen molar-refractivity contribution in [3.8, 4) is 0 Å². The van der Waals surface area contributed by atoms with E-state index in [2.05, 4.69) is 15.5 Å². The molecule has 0 spiro atoms. The first-order valence-corrected chi connectivity index (χ1v) is 7.27. The van der Waals surface area contributed by atoms with Gasteiger partial charge in [-0.25, -0.2) is 0 Å². The summed E-state index contributed by atoms with van der Waals surface area (Å²) in [4.78, 5) is 12.0. The molecule has 1 unspecified atom stereocenters. The van der Waals surface area contributed by atoms with Gasteiger partial charge < -0.3 is 10.1 Å². The van der Waals surface area contributed by atoms with Gasteiger partial charge in [-0.3, -0.25) is 4.79 Å². The van der Waals surface area contributed by atoms with Crippen molar-refractivity contribution in [1.82, 2.24) is 0 Å². The minimum atomic E-state index is -0.0440. The van der Waals surface area contributed by atoms with Gasteiger partial charge in [0.2, 0.25) is 5.91 Å². The average Bonchev–Trinajstić information content (AvgIpc) is 3.10. The van der Waals surface area contributed by atoms with Crippen LogP contribution in [-0.2, 0) is 9.53 Å². The number of benzene rings is 2. The standard InChI is InChI=1S/C17H17N3O2/c21-17(13-10-11-22-12-13)18-14-6-8-16(9-7-14)20-19-15-4-2-1-3-5-15/h1-9,13H,10-12H2,(H,18,21). The molecular formula is C17H17N3O2. The molecule has 22 heavy (non-hydrogen) atoms. The highest BCUT2D eigenvalue weighted by Gasteiger charge is 2.23. The molecule has 0 saturated carbocycles. The van der Waals surface area contributed by atoms with Crippen LogP contribution in [0.5, 0.6) is 0 Å². The van der Waals surface area contributed by atoms with E-state index < -0.39 is 0 Å². The van der Waals surface area contributed by atoms with Crippen LogP contribution in [0, 0.1) is 5.92 Å². The Kier molecular flexibility index (Phi) is 4.56. The molecule has 1 saturated heterocycles. The number of rotatable bonds is 4. The summed E-state index contributed by atoms with van der Waals surface area (Å²) in [5, 5.41) is 11.2. The highest BCUT2D eigenvalue weighted by molar-refractivity contribution is 5.92. The zero-order valence-electron chi connectivity index (χ0n) is 12.1. The van der Waals surface area contributed by atoms with Crippen molar-refractivity contribution in [3.05, 3.63) is 54.6 Å². The molecule has 112 valence electrons. The zero-order chi connectivity index (χ0) is 15.2. The Bertz CT molecular complexity index is 647. The number of hydrogen-bond donors (Lipinski definition) is 1. The number of nitrogens with zero attached hydrogens (tertiary/aromatic N) is 2. The van der Waals surface area contributed by atoms with E-state index in [1.807, 2.05) is 54.6 Å². The number of nitrogens with one attached hydrogen (secondary N) is 1. The molecule has 0 bridgehead atoms. The number of ether oxygens (including phenoxy) is 1. The lowest BCUT2D eigenvalue weighted by Crippen LogP contribution is -2.22. The van der Waals surface area contributed by atoms with Gasteiger partial charge in [0.25, 0.3) is 0 Å². The summed E-state index contributed by atoms with van der Waals surface area (Å²) in [6.45, 7) is 1.17. The van der Waals surface area contributed by atoms with E-state index in [4.69, 9.17) is 4.74 Å². The van der Waals surface area contributed by atoms with Gasteiger partial charge in [0.15, 0.2) is 0 Å². The molecule has 1 fully saturated rings. The largest absolute Gasteiger partial charge is 0.381 e. The van der Waals surface area contributed by atoms with Crippen molar-refractivity contribution in [2.45, 2.75) is 6.42 Å². The topological polar surface area (TPSA) is 63.0 Å². The average molecular weight is 295 g/mol. The number of hydrogen-bond acceptors (Lipinski definition) is 4. The predicted octanol–water partition coefficient (Wildman–Crippen LogP) is 4.08. The molecule has 1 aliphatic rings. The third-order valence-corrected chi connectivity index (χ3v) is 3.47. The second-order valence-electron chi connectivity index (χ2n) is 5.13. The molecule has 1 atom stereocenters. The van der Waals surface area contributed by atoms with Crippen molar-refractivity contribution in [2.75, 3.05) is 18.5 Å². The number of anilines is 1. The normalized spacial score (nSPS) is 17.7. The van der Waals surface area contributed by atoms with Crippen molar-refractivity contribution in [2.24, 2.45) is 16.1 Å². The molecule has 0 aliphatic carbocycles. The molecule has 1 aliphatic heterocycles. The van der Waals surface area contributed by atoms with Gasteiger partial charge in [0, 0.05) is 12.3 Å². The van der Waals surface area contributed by atoms with Crippen LogP contribution >= 0.6 is 0 Å². The fourth-order valence-corrected chi connectivity index (χ4v) is 2.21. The van der Waals surface area contributed by atoms with Gasteiger partial charge in [-0.05, 0) is 42.8 Å². The van der Waals surface area contributed by atoms with Gasteiger partial charge in [-0.2, -0.15) is 10.2 Å². The summed E-state index contributed by atoms with van der Waals surface area (Å²) in [7, 11) is 0. The third-order valence-electron chi connectivity index (χ3n) is 3.47. The molecule has 3 rings (SSSR count). The van der Waals surface area contributed by atoms with Crippen LogP contribution in [0.3, 0.4) is 0 Å². The summed E-state index contributed by atoms with van der Waals surface area (Å²) < 4.78 is 5.22. The van der Waals surface area contributed by atoms with Gasteiger partial charge in [-0.1, -0.05) is 18.2 Å². The molecular weight excluding hydrogens is 278 g/mol. The Morgan fingerprint density at radius 1 is 1.00 bits per heavy atom. The monoisotopic (exact) mass is 295 g/mol. The summed E-state index contributed by atoms with van der Waals surface area (Å²) >= 11 is 0. The fraction of sp³-hybridized carbons (Fsp3) is 0.235. The Morgan fingerprint density at radius 3 is 2.32 bits per heavy atom. The first kappa shape index (κ1) is 14.4. The van der Waals surface area contributed by atoms with Crippen molar-refractivity contribution in [1.29, 1.82) is 0 Å². The molecule has 1 amide bonds. The van der Waals surface area contributed by atoms with Crippen LogP contribution in [0.25, 0.3) is 0 Å². The highest BCUT2D eigenvalue weighted by atomic mass is 16.5. The first-order chi connectivity index (χ1) is 10.8.